The molecule has 0 fully saturated rings. The van der Waals surface area contributed by atoms with Crippen LogP contribution >= 0.6 is 19.3 Å². The molecule has 0 aliphatic carbocycles. The van der Waals surface area contributed by atoms with E-state index in [4.69, 9.17) is 9.73 Å². The van der Waals surface area contributed by atoms with Gasteiger partial charge in [-0.15, -0.1) is 11.3 Å². The Morgan fingerprint density at radius 1 is 0.700 bits per heavy atom. The molecule has 0 unspecified atom stereocenters. The lowest BCUT2D eigenvalue weighted by atomic mass is 9.76. The molecule has 0 saturated carbocycles. The van der Waals surface area contributed by atoms with Gasteiger partial charge in [0.1, 0.15) is 6.04 Å². The van der Waals surface area contributed by atoms with Gasteiger partial charge in [-0.3, -0.25) is 0 Å². The van der Waals surface area contributed by atoms with Gasteiger partial charge in [-0.1, -0.05) is 134 Å². The lowest BCUT2D eigenvalue weighted by molar-refractivity contribution is 0.0818. The van der Waals surface area contributed by atoms with E-state index in [1.165, 1.54) is 27.0 Å². The van der Waals surface area contributed by atoms with E-state index in [0.717, 1.165) is 21.9 Å². The van der Waals surface area contributed by atoms with E-state index in [2.05, 4.69) is 148 Å². The number of ether oxygens (including phenoxy) is 1. The van der Waals surface area contributed by atoms with Crippen molar-refractivity contribution in [3.05, 3.63) is 148 Å². The average molecular weight is 560 g/mol. The van der Waals surface area contributed by atoms with Crippen molar-refractivity contribution in [2.24, 2.45) is 10.9 Å². The van der Waals surface area contributed by atoms with Gasteiger partial charge >= 0.3 is 0 Å². The quantitative estimate of drug-likeness (QED) is 0.186. The van der Waals surface area contributed by atoms with E-state index in [1.54, 1.807) is 11.3 Å². The predicted octanol–water partition coefficient (Wildman–Crippen LogP) is 7.87. The lowest BCUT2D eigenvalue weighted by Crippen LogP contribution is -2.41. The molecule has 4 aromatic carbocycles. The zero-order valence-electron chi connectivity index (χ0n) is 23.4. The Morgan fingerprint density at radius 2 is 1.20 bits per heavy atom. The zero-order valence-corrected chi connectivity index (χ0v) is 25.1. The standard InChI is InChI=1S/C36H34NOPS/c1-25(2)34-36(28-11-7-5-8-12-28,29-13-9-6-10-14-29)38-35(37-34)33-32(23-24-40-33)39(30-19-15-26(3)16-20-30)31-21-17-27(4)18-22-31/h5-25,34H,1-4H3/t34-/m0/s1. The van der Waals surface area contributed by atoms with Crippen LogP contribution in [0.2, 0.25) is 0 Å². The molecule has 40 heavy (non-hydrogen) atoms. The van der Waals surface area contributed by atoms with Crippen molar-refractivity contribution in [3.63, 3.8) is 0 Å². The molecule has 2 nitrogen and oxygen atoms in total. The maximum absolute atomic E-state index is 7.21. The van der Waals surface area contributed by atoms with E-state index < -0.39 is 13.5 Å². The van der Waals surface area contributed by atoms with E-state index in [0.29, 0.717) is 0 Å². The molecule has 1 atom stereocenters. The minimum atomic E-state index is -0.790. The summed E-state index contributed by atoms with van der Waals surface area (Å²) in [6.45, 7) is 8.80. The fraction of sp³-hybridized carbons (Fsp3) is 0.194. The van der Waals surface area contributed by atoms with E-state index >= 15 is 0 Å². The van der Waals surface area contributed by atoms with Crippen LogP contribution in [0.5, 0.6) is 0 Å². The Labute approximate surface area is 243 Å². The van der Waals surface area contributed by atoms with Crippen molar-refractivity contribution < 1.29 is 4.74 Å². The number of hydrogen-bond acceptors (Lipinski definition) is 3. The van der Waals surface area contributed by atoms with Gasteiger partial charge in [-0.25, -0.2) is 4.99 Å². The van der Waals surface area contributed by atoms with Crippen molar-refractivity contribution in [1.29, 1.82) is 0 Å². The highest BCUT2D eigenvalue weighted by molar-refractivity contribution is 7.80. The minimum Gasteiger partial charge on any atom is -0.458 e. The molecule has 0 bridgehead atoms. The summed E-state index contributed by atoms with van der Waals surface area (Å²) < 4.78 is 7.21. The number of nitrogens with zero attached hydrogens (tertiary/aromatic N) is 1. The molecule has 0 saturated heterocycles. The molecular weight excluding hydrogens is 525 g/mol. The number of aryl methyl sites for hydroxylation is 2. The maximum Gasteiger partial charge on any atom is 0.228 e. The van der Waals surface area contributed by atoms with Crippen molar-refractivity contribution in [3.8, 4) is 0 Å². The maximum atomic E-state index is 7.21. The summed E-state index contributed by atoms with van der Waals surface area (Å²) in [5.74, 6) is 1.03. The van der Waals surface area contributed by atoms with Crippen LogP contribution < -0.4 is 15.9 Å². The van der Waals surface area contributed by atoms with Gasteiger partial charge in [0.25, 0.3) is 0 Å². The van der Waals surface area contributed by atoms with Gasteiger partial charge < -0.3 is 4.74 Å². The topological polar surface area (TPSA) is 21.6 Å². The van der Waals surface area contributed by atoms with Crippen LogP contribution in [0.4, 0.5) is 0 Å². The predicted molar refractivity (Wildman–Crippen MR) is 172 cm³/mol. The van der Waals surface area contributed by atoms with Crippen LogP contribution in [-0.2, 0) is 10.3 Å². The fourth-order valence-electron chi connectivity index (χ4n) is 5.63. The molecule has 1 aromatic heterocycles. The summed E-state index contributed by atoms with van der Waals surface area (Å²) in [5, 5.41) is 6.16. The van der Waals surface area contributed by atoms with Gasteiger partial charge in [0.05, 0.1) is 4.88 Å². The third-order valence-corrected chi connectivity index (χ3v) is 11.2. The van der Waals surface area contributed by atoms with Gasteiger partial charge in [0.15, 0.2) is 5.60 Å². The van der Waals surface area contributed by atoms with Crippen molar-refractivity contribution >= 4 is 41.1 Å². The van der Waals surface area contributed by atoms with E-state index in [9.17, 15) is 0 Å². The van der Waals surface area contributed by atoms with Crippen molar-refractivity contribution in [2.45, 2.75) is 39.3 Å². The number of rotatable bonds is 7. The first kappa shape index (κ1) is 26.7. The van der Waals surface area contributed by atoms with Crippen LogP contribution in [-0.4, -0.2) is 11.9 Å². The van der Waals surface area contributed by atoms with E-state index in [1.807, 2.05) is 0 Å². The molecule has 4 heteroatoms. The summed E-state index contributed by atoms with van der Waals surface area (Å²) in [7, 11) is -0.790. The summed E-state index contributed by atoms with van der Waals surface area (Å²) in [6, 6.07) is 41.5. The third kappa shape index (κ3) is 4.83. The molecule has 1 aliphatic rings. The van der Waals surface area contributed by atoms with Crippen LogP contribution in [0.15, 0.2) is 126 Å². The Kier molecular flexibility index (Phi) is 7.45. The Bertz CT molecular complexity index is 1520. The summed E-state index contributed by atoms with van der Waals surface area (Å²) >= 11 is 1.74. The first-order valence-electron chi connectivity index (χ1n) is 13.9. The Morgan fingerprint density at radius 3 is 1.68 bits per heavy atom. The van der Waals surface area contributed by atoms with Gasteiger partial charge in [0, 0.05) is 16.4 Å². The Balaban J connectivity index is 1.51. The number of thiophene rings is 1. The molecule has 0 spiro atoms. The van der Waals surface area contributed by atoms with E-state index in [-0.39, 0.29) is 12.0 Å². The average Bonchev–Trinajstić information content (AvgIpc) is 3.62. The largest absolute Gasteiger partial charge is 0.458 e. The summed E-state index contributed by atoms with van der Waals surface area (Å²) in [6.07, 6.45) is 0. The zero-order chi connectivity index (χ0) is 27.7. The van der Waals surface area contributed by atoms with Crippen LogP contribution in [0, 0.1) is 19.8 Å². The minimum absolute atomic E-state index is 0.0628. The van der Waals surface area contributed by atoms with Gasteiger partial charge in [-0.05, 0) is 49.7 Å². The number of aliphatic imine (C=N–C) groups is 1. The lowest BCUT2D eigenvalue weighted by Gasteiger charge is -2.36. The summed E-state index contributed by atoms with van der Waals surface area (Å²) in [4.78, 5) is 6.54. The molecule has 5 aromatic rings. The van der Waals surface area contributed by atoms with Gasteiger partial charge in [-0.2, -0.15) is 0 Å². The first-order valence-corrected chi connectivity index (χ1v) is 16.1. The molecule has 6 rings (SSSR count). The van der Waals surface area contributed by atoms with Crippen LogP contribution in [0.1, 0.15) is 41.0 Å². The smallest absolute Gasteiger partial charge is 0.228 e. The second-order valence-corrected chi connectivity index (χ2v) is 13.9. The molecule has 0 amide bonds. The SMILES string of the molecule is Cc1ccc(P(c2ccc(C)cc2)c2ccsc2C2=N[C@@H](C(C)C)C(c3ccccc3)(c3ccccc3)O2)cc1. The van der Waals surface area contributed by atoms with Gasteiger partial charge in [0.2, 0.25) is 5.90 Å². The summed E-state index contributed by atoms with van der Waals surface area (Å²) in [5.41, 5.74) is 4.12. The molecule has 1 aliphatic heterocycles. The monoisotopic (exact) mass is 559 g/mol. The van der Waals surface area contributed by atoms with Crippen molar-refractivity contribution in [2.75, 3.05) is 0 Å². The highest BCUT2D eigenvalue weighted by Gasteiger charge is 2.51. The number of benzene rings is 4. The highest BCUT2D eigenvalue weighted by atomic mass is 32.1. The number of hydrogen-bond donors (Lipinski definition) is 0. The first-order chi connectivity index (χ1) is 19.5. The van der Waals surface area contributed by atoms with Crippen molar-refractivity contribution in [1.82, 2.24) is 0 Å². The fourth-order valence-corrected chi connectivity index (χ4v) is 9.16. The second kappa shape index (κ2) is 11.2. The molecular formula is C36H34NOPS. The second-order valence-electron chi connectivity index (χ2n) is 10.8. The molecule has 0 N–H and O–H groups in total. The highest BCUT2D eigenvalue weighted by Crippen LogP contribution is 2.47. The third-order valence-electron chi connectivity index (χ3n) is 7.63. The Hall–Kier alpha value is -3.52. The normalized spacial score (nSPS) is 16.2. The van der Waals surface area contributed by atoms with Crippen LogP contribution in [0.3, 0.4) is 0 Å². The van der Waals surface area contributed by atoms with Crippen LogP contribution in [0.25, 0.3) is 0 Å². The molecule has 200 valence electrons. The molecule has 2 heterocycles. The molecule has 0 radical (unpaired) electrons.